The molecule has 0 spiro atoms. The summed E-state index contributed by atoms with van der Waals surface area (Å²) in [6.45, 7) is -3.12. The van der Waals surface area contributed by atoms with E-state index in [9.17, 15) is 13.6 Å². The van der Waals surface area contributed by atoms with Crippen molar-refractivity contribution in [1.29, 1.82) is 0 Å². The van der Waals surface area contributed by atoms with E-state index < -0.39 is 12.6 Å². The Hall–Kier alpha value is -3.95. The minimum absolute atomic E-state index is 0.0235. The highest BCUT2D eigenvalue weighted by molar-refractivity contribution is 5.87. The van der Waals surface area contributed by atoms with E-state index in [0.29, 0.717) is 22.6 Å². The zero-order chi connectivity index (χ0) is 22.2. The summed E-state index contributed by atoms with van der Waals surface area (Å²) in [7, 11) is 3.05. The summed E-state index contributed by atoms with van der Waals surface area (Å²) in [5, 5.41) is 3.87. The summed E-state index contributed by atoms with van der Waals surface area (Å²) < 4.78 is 49.2. The second-order valence-electron chi connectivity index (χ2n) is 5.97. The molecule has 1 aromatic heterocycles. The summed E-state index contributed by atoms with van der Waals surface area (Å²) in [5.74, 6) is 0.859. The lowest BCUT2D eigenvalue weighted by molar-refractivity contribution is -0.139. The second-order valence-corrected chi connectivity index (χ2v) is 5.97. The van der Waals surface area contributed by atoms with Gasteiger partial charge in [-0.3, -0.25) is 0 Å². The van der Waals surface area contributed by atoms with Gasteiger partial charge in [0.2, 0.25) is 5.82 Å². The van der Waals surface area contributed by atoms with Crippen molar-refractivity contribution in [3.05, 3.63) is 60.0 Å². The molecular formula is C21H18F2N2O6. The largest absolute Gasteiger partial charge is 0.497 e. The fourth-order valence-electron chi connectivity index (χ4n) is 2.51. The lowest BCUT2D eigenvalue weighted by Crippen LogP contribution is -2.01. The van der Waals surface area contributed by atoms with Crippen molar-refractivity contribution in [2.45, 2.75) is 13.2 Å². The van der Waals surface area contributed by atoms with Gasteiger partial charge in [0.25, 0.3) is 5.89 Å². The average molecular weight is 432 g/mol. The van der Waals surface area contributed by atoms with Crippen LogP contribution in [-0.4, -0.2) is 36.9 Å². The zero-order valence-corrected chi connectivity index (χ0v) is 16.6. The van der Waals surface area contributed by atoms with Crippen LogP contribution in [0.1, 0.15) is 11.5 Å². The molecule has 0 aliphatic rings. The maximum atomic E-state index is 12.1. The van der Waals surface area contributed by atoms with Gasteiger partial charge in [-0.25, -0.2) is 4.79 Å². The Labute approximate surface area is 176 Å². The molecule has 0 saturated heterocycles. The lowest BCUT2D eigenvalue weighted by atomic mass is 10.2. The Morgan fingerprint density at radius 2 is 1.84 bits per heavy atom. The average Bonchev–Trinajstić information content (AvgIpc) is 3.25. The number of rotatable bonds is 9. The van der Waals surface area contributed by atoms with Crippen LogP contribution in [0.15, 0.2) is 53.1 Å². The number of hydrogen-bond donors (Lipinski definition) is 0. The van der Waals surface area contributed by atoms with Crippen molar-refractivity contribution >= 4 is 12.0 Å². The van der Waals surface area contributed by atoms with E-state index >= 15 is 0 Å². The molecule has 31 heavy (non-hydrogen) atoms. The van der Waals surface area contributed by atoms with E-state index in [0.717, 1.165) is 0 Å². The molecule has 0 aliphatic carbocycles. The predicted octanol–water partition coefficient (Wildman–Crippen LogP) is 4.11. The fourth-order valence-corrected chi connectivity index (χ4v) is 2.51. The molecule has 0 amide bonds. The van der Waals surface area contributed by atoms with Crippen LogP contribution in [0.2, 0.25) is 0 Å². The smallest absolute Gasteiger partial charge is 0.387 e. The van der Waals surface area contributed by atoms with E-state index in [2.05, 4.69) is 14.9 Å². The minimum atomic E-state index is -2.90. The van der Waals surface area contributed by atoms with E-state index in [1.54, 1.807) is 25.3 Å². The van der Waals surface area contributed by atoms with E-state index in [1.807, 2.05) is 0 Å². The summed E-state index contributed by atoms with van der Waals surface area (Å²) in [4.78, 5) is 16.1. The third-order valence-electron chi connectivity index (χ3n) is 3.97. The highest BCUT2D eigenvalue weighted by atomic mass is 19.3. The summed E-state index contributed by atoms with van der Waals surface area (Å²) in [6, 6.07) is 10.9. The van der Waals surface area contributed by atoms with Crippen molar-refractivity contribution in [3.63, 3.8) is 0 Å². The van der Waals surface area contributed by atoms with Gasteiger partial charge in [0.15, 0.2) is 6.61 Å². The Morgan fingerprint density at radius 3 is 2.52 bits per heavy atom. The number of benzene rings is 2. The first-order valence-corrected chi connectivity index (χ1v) is 8.93. The topological polar surface area (TPSA) is 92.9 Å². The number of esters is 1. The van der Waals surface area contributed by atoms with Gasteiger partial charge in [0.05, 0.1) is 19.8 Å². The van der Waals surface area contributed by atoms with Crippen LogP contribution in [0.4, 0.5) is 8.78 Å². The SMILES string of the molecule is COc1ccc(-c2noc(COC(=O)/C=C/c3ccc(OC(F)F)cc3)n2)c(OC)c1. The van der Waals surface area contributed by atoms with Crippen LogP contribution in [0.3, 0.4) is 0 Å². The molecule has 0 N–H and O–H groups in total. The normalized spacial score (nSPS) is 11.0. The molecule has 0 bridgehead atoms. The van der Waals surface area contributed by atoms with Crippen LogP contribution in [0.5, 0.6) is 17.2 Å². The van der Waals surface area contributed by atoms with Crippen LogP contribution in [-0.2, 0) is 16.1 Å². The van der Waals surface area contributed by atoms with Gasteiger partial charge in [0, 0.05) is 12.1 Å². The first-order chi connectivity index (χ1) is 15.0. The van der Waals surface area contributed by atoms with Gasteiger partial charge in [-0.05, 0) is 35.9 Å². The van der Waals surface area contributed by atoms with E-state index in [1.165, 1.54) is 43.5 Å². The van der Waals surface area contributed by atoms with Crippen LogP contribution < -0.4 is 14.2 Å². The molecular weight excluding hydrogens is 414 g/mol. The Bertz CT molecular complexity index is 1050. The van der Waals surface area contributed by atoms with Crippen molar-refractivity contribution in [2.24, 2.45) is 0 Å². The predicted molar refractivity (Wildman–Crippen MR) is 105 cm³/mol. The molecule has 3 aromatic rings. The molecule has 0 aliphatic heterocycles. The van der Waals surface area contributed by atoms with Gasteiger partial charge >= 0.3 is 12.6 Å². The third-order valence-corrected chi connectivity index (χ3v) is 3.97. The van der Waals surface area contributed by atoms with Crippen LogP contribution >= 0.6 is 0 Å². The van der Waals surface area contributed by atoms with Crippen molar-refractivity contribution in [2.75, 3.05) is 14.2 Å². The van der Waals surface area contributed by atoms with Crippen molar-refractivity contribution in [1.82, 2.24) is 10.1 Å². The van der Waals surface area contributed by atoms with E-state index in [-0.39, 0.29) is 24.1 Å². The number of nitrogens with zero attached hydrogens (tertiary/aromatic N) is 2. The van der Waals surface area contributed by atoms with Gasteiger partial charge in [-0.2, -0.15) is 13.8 Å². The number of alkyl halides is 2. The summed E-state index contributed by atoms with van der Waals surface area (Å²) in [5.41, 5.74) is 1.19. The Balaban J connectivity index is 1.57. The number of methoxy groups -OCH3 is 2. The zero-order valence-electron chi connectivity index (χ0n) is 16.6. The lowest BCUT2D eigenvalue weighted by Gasteiger charge is -2.07. The Morgan fingerprint density at radius 1 is 1.10 bits per heavy atom. The van der Waals surface area contributed by atoms with Gasteiger partial charge < -0.3 is 23.5 Å². The number of carbonyl (C=O) groups is 1. The molecule has 0 atom stereocenters. The number of hydrogen-bond acceptors (Lipinski definition) is 8. The molecule has 1 heterocycles. The first-order valence-electron chi connectivity index (χ1n) is 8.93. The number of halogens is 2. The van der Waals surface area contributed by atoms with Crippen molar-refractivity contribution < 1.29 is 37.0 Å². The molecule has 8 nitrogen and oxygen atoms in total. The third kappa shape index (κ3) is 6.01. The van der Waals surface area contributed by atoms with E-state index in [4.69, 9.17) is 18.7 Å². The molecule has 3 rings (SSSR count). The maximum absolute atomic E-state index is 12.1. The first kappa shape index (κ1) is 21.8. The van der Waals surface area contributed by atoms with Gasteiger partial charge in [-0.15, -0.1) is 0 Å². The monoisotopic (exact) mass is 432 g/mol. The number of ether oxygens (including phenoxy) is 4. The maximum Gasteiger partial charge on any atom is 0.387 e. The molecule has 0 saturated carbocycles. The number of aromatic nitrogens is 2. The second kappa shape index (κ2) is 10.2. The molecule has 10 heteroatoms. The van der Waals surface area contributed by atoms with Gasteiger partial charge in [-0.1, -0.05) is 17.3 Å². The summed E-state index contributed by atoms with van der Waals surface area (Å²) >= 11 is 0. The highest BCUT2D eigenvalue weighted by Gasteiger charge is 2.15. The quantitative estimate of drug-likeness (QED) is 0.368. The van der Waals surface area contributed by atoms with Crippen LogP contribution in [0, 0.1) is 0 Å². The number of carbonyl (C=O) groups excluding carboxylic acids is 1. The molecule has 0 fully saturated rings. The fraction of sp³-hybridized carbons (Fsp3) is 0.190. The minimum Gasteiger partial charge on any atom is -0.497 e. The molecule has 2 aromatic carbocycles. The highest BCUT2D eigenvalue weighted by Crippen LogP contribution is 2.31. The van der Waals surface area contributed by atoms with Gasteiger partial charge in [0.1, 0.15) is 17.2 Å². The summed E-state index contributed by atoms with van der Waals surface area (Å²) in [6.07, 6.45) is 2.66. The van der Waals surface area contributed by atoms with Crippen LogP contribution in [0.25, 0.3) is 17.5 Å². The molecule has 0 radical (unpaired) electrons. The van der Waals surface area contributed by atoms with Crippen molar-refractivity contribution in [3.8, 4) is 28.6 Å². The molecule has 162 valence electrons. The Kier molecular flexibility index (Phi) is 7.15. The standard InChI is InChI=1S/C21H18F2N2O6/c1-27-15-8-9-16(17(11-15)28-2)20-24-18(31-25-20)12-29-19(26)10-5-13-3-6-14(7-4-13)30-21(22)23/h3-11,21H,12H2,1-2H3/b10-5+. The molecule has 0 unspecified atom stereocenters.